The zero-order valence-corrected chi connectivity index (χ0v) is 11.1. The van der Waals surface area contributed by atoms with E-state index in [1.54, 1.807) is 0 Å². The van der Waals surface area contributed by atoms with E-state index in [9.17, 15) is 4.79 Å². The lowest BCUT2D eigenvalue weighted by atomic mass is 10.1. The van der Waals surface area contributed by atoms with Crippen LogP contribution in [-0.2, 0) is 4.79 Å². The lowest BCUT2D eigenvalue weighted by Crippen LogP contribution is -2.55. The summed E-state index contributed by atoms with van der Waals surface area (Å²) in [6.07, 6.45) is 2.14. The fraction of sp³-hybridized carbons (Fsp3) is 0.923. The van der Waals surface area contributed by atoms with E-state index in [2.05, 4.69) is 29.0 Å². The minimum Gasteiger partial charge on any atom is -0.340 e. The van der Waals surface area contributed by atoms with E-state index in [1.807, 2.05) is 0 Å². The molecule has 0 spiro atoms. The monoisotopic (exact) mass is 239 g/mol. The summed E-state index contributed by atoms with van der Waals surface area (Å²) in [4.78, 5) is 16.7. The van der Waals surface area contributed by atoms with Gasteiger partial charge in [-0.15, -0.1) is 0 Å². The molecule has 1 unspecified atom stereocenters. The molecular weight excluding hydrogens is 214 g/mol. The largest absolute Gasteiger partial charge is 0.340 e. The van der Waals surface area contributed by atoms with Crippen LogP contribution in [-0.4, -0.2) is 61.0 Å². The summed E-state index contributed by atoms with van der Waals surface area (Å²) in [6, 6.07) is 0.117. The summed E-state index contributed by atoms with van der Waals surface area (Å²) in [5.74, 6) is 1.04. The van der Waals surface area contributed by atoms with Crippen molar-refractivity contribution < 1.29 is 4.79 Å². The predicted octanol–water partition coefficient (Wildman–Crippen LogP) is 0.539. The van der Waals surface area contributed by atoms with Crippen molar-refractivity contribution in [3.63, 3.8) is 0 Å². The van der Waals surface area contributed by atoms with Crippen LogP contribution in [0.25, 0.3) is 0 Å². The van der Waals surface area contributed by atoms with Crippen LogP contribution in [0, 0.1) is 5.92 Å². The van der Waals surface area contributed by atoms with Gasteiger partial charge in [0.15, 0.2) is 0 Å². The van der Waals surface area contributed by atoms with Crippen LogP contribution in [0.1, 0.15) is 26.7 Å². The highest BCUT2D eigenvalue weighted by Gasteiger charge is 2.29. The zero-order chi connectivity index (χ0) is 12.3. The van der Waals surface area contributed by atoms with Gasteiger partial charge in [0.2, 0.25) is 5.91 Å². The van der Waals surface area contributed by atoms with E-state index in [1.165, 1.54) is 0 Å². The first-order valence-corrected chi connectivity index (χ1v) is 6.91. The number of amides is 1. The molecule has 0 aromatic rings. The number of hydrogen-bond acceptors (Lipinski definition) is 3. The average molecular weight is 239 g/mol. The Morgan fingerprint density at radius 1 is 1.29 bits per heavy atom. The molecule has 1 amide bonds. The predicted molar refractivity (Wildman–Crippen MR) is 68.9 cm³/mol. The van der Waals surface area contributed by atoms with Gasteiger partial charge >= 0.3 is 0 Å². The molecule has 2 rings (SSSR count). The van der Waals surface area contributed by atoms with Crippen molar-refractivity contribution >= 4 is 5.91 Å². The topological polar surface area (TPSA) is 35.6 Å². The van der Waals surface area contributed by atoms with Crippen LogP contribution in [0.3, 0.4) is 0 Å². The fourth-order valence-corrected chi connectivity index (χ4v) is 2.61. The highest BCUT2D eigenvalue weighted by atomic mass is 16.2. The Balaban J connectivity index is 1.80. The van der Waals surface area contributed by atoms with Gasteiger partial charge in [-0.05, 0) is 31.8 Å². The smallest absolute Gasteiger partial charge is 0.239 e. The number of nitrogens with one attached hydrogen (secondary N) is 1. The van der Waals surface area contributed by atoms with Crippen LogP contribution >= 0.6 is 0 Å². The molecule has 2 saturated heterocycles. The van der Waals surface area contributed by atoms with Gasteiger partial charge in [-0.25, -0.2) is 0 Å². The van der Waals surface area contributed by atoms with Crippen molar-refractivity contribution in [1.29, 1.82) is 0 Å². The van der Waals surface area contributed by atoms with Gasteiger partial charge in [0.05, 0.1) is 6.04 Å². The molecule has 2 heterocycles. The zero-order valence-electron chi connectivity index (χ0n) is 11.1. The number of carbonyl (C=O) groups is 1. The SMILES string of the molecule is CC(C)CN1CCCN(C(=O)C2CCN2)CC1. The first-order chi connectivity index (χ1) is 8.16. The van der Waals surface area contributed by atoms with E-state index in [0.29, 0.717) is 11.8 Å². The molecule has 0 radical (unpaired) electrons. The van der Waals surface area contributed by atoms with E-state index in [4.69, 9.17) is 0 Å². The molecular formula is C13H25N3O. The summed E-state index contributed by atoms with van der Waals surface area (Å²) in [5.41, 5.74) is 0. The van der Waals surface area contributed by atoms with E-state index >= 15 is 0 Å². The third-order valence-corrected chi connectivity index (χ3v) is 3.65. The van der Waals surface area contributed by atoms with Crippen molar-refractivity contribution in [1.82, 2.24) is 15.1 Å². The second-order valence-corrected chi connectivity index (χ2v) is 5.67. The Labute approximate surface area is 104 Å². The second-order valence-electron chi connectivity index (χ2n) is 5.67. The maximum Gasteiger partial charge on any atom is 0.239 e. The molecule has 2 aliphatic rings. The van der Waals surface area contributed by atoms with Gasteiger partial charge in [0.1, 0.15) is 0 Å². The third-order valence-electron chi connectivity index (χ3n) is 3.65. The quantitative estimate of drug-likeness (QED) is 0.781. The minimum atomic E-state index is 0.117. The van der Waals surface area contributed by atoms with Gasteiger partial charge in [-0.2, -0.15) is 0 Å². The summed E-state index contributed by atoms with van der Waals surface area (Å²) in [7, 11) is 0. The molecule has 2 fully saturated rings. The van der Waals surface area contributed by atoms with Crippen LogP contribution in [0.4, 0.5) is 0 Å². The molecule has 0 aliphatic carbocycles. The molecule has 0 aromatic heterocycles. The van der Waals surface area contributed by atoms with Crippen molar-refractivity contribution in [3.8, 4) is 0 Å². The molecule has 98 valence electrons. The Morgan fingerprint density at radius 3 is 2.65 bits per heavy atom. The van der Waals surface area contributed by atoms with Crippen LogP contribution in [0.2, 0.25) is 0 Å². The summed E-state index contributed by atoms with van der Waals surface area (Å²) in [5, 5.41) is 3.20. The molecule has 4 heteroatoms. The van der Waals surface area contributed by atoms with Crippen molar-refractivity contribution in [3.05, 3.63) is 0 Å². The van der Waals surface area contributed by atoms with Gasteiger partial charge in [0, 0.05) is 26.2 Å². The highest BCUT2D eigenvalue weighted by Crippen LogP contribution is 2.11. The van der Waals surface area contributed by atoms with Gasteiger partial charge in [-0.1, -0.05) is 13.8 Å². The van der Waals surface area contributed by atoms with E-state index in [0.717, 1.165) is 52.1 Å². The first kappa shape index (κ1) is 12.8. The lowest BCUT2D eigenvalue weighted by Gasteiger charge is -2.32. The standard InChI is InChI=1S/C13H25N3O/c1-11(2)10-15-6-3-7-16(9-8-15)13(17)12-4-5-14-12/h11-12,14H,3-10H2,1-2H3. The maximum atomic E-state index is 12.1. The third kappa shape index (κ3) is 3.42. The molecule has 1 atom stereocenters. The number of rotatable bonds is 3. The molecule has 0 aromatic carbocycles. The number of carbonyl (C=O) groups excluding carboxylic acids is 1. The maximum absolute atomic E-state index is 12.1. The normalized spacial score (nSPS) is 26.8. The Morgan fingerprint density at radius 2 is 2.06 bits per heavy atom. The van der Waals surface area contributed by atoms with E-state index in [-0.39, 0.29) is 6.04 Å². The van der Waals surface area contributed by atoms with Crippen molar-refractivity contribution in [2.75, 3.05) is 39.3 Å². The molecule has 0 saturated carbocycles. The van der Waals surface area contributed by atoms with Crippen molar-refractivity contribution in [2.24, 2.45) is 5.92 Å². The molecule has 17 heavy (non-hydrogen) atoms. The molecule has 2 aliphatic heterocycles. The van der Waals surface area contributed by atoms with Crippen LogP contribution in [0.5, 0.6) is 0 Å². The summed E-state index contributed by atoms with van der Waals surface area (Å²) >= 11 is 0. The van der Waals surface area contributed by atoms with E-state index < -0.39 is 0 Å². The number of hydrogen-bond donors (Lipinski definition) is 1. The minimum absolute atomic E-state index is 0.117. The molecule has 4 nitrogen and oxygen atoms in total. The van der Waals surface area contributed by atoms with Gasteiger partial charge in [-0.3, -0.25) is 4.79 Å². The first-order valence-electron chi connectivity index (χ1n) is 6.91. The molecule has 0 bridgehead atoms. The summed E-state index contributed by atoms with van der Waals surface area (Å²) < 4.78 is 0. The van der Waals surface area contributed by atoms with Crippen LogP contribution in [0.15, 0.2) is 0 Å². The number of nitrogens with zero attached hydrogens (tertiary/aromatic N) is 2. The molecule has 1 N–H and O–H groups in total. The Bertz CT molecular complexity index is 263. The second kappa shape index (κ2) is 5.83. The highest BCUT2D eigenvalue weighted by molar-refractivity contribution is 5.82. The van der Waals surface area contributed by atoms with Gasteiger partial charge < -0.3 is 15.1 Å². The Kier molecular flexibility index (Phi) is 4.40. The van der Waals surface area contributed by atoms with Gasteiger partial charge in [0.25, 0.3) is 0 Å². The summed E-state index contributed by atoms with van der Waals surface area (Å²) in [6.45, 7) is 10.7. The average Bonchev–Trinajstić information content (AvgIpc) is 2.39. The Hall–Kier alpha value is -0.610. The van der Waals surface area contributed by atoms with Crippen LogP contribution < -0.4 is 5.32 Å². The van der Waals surface area contributed by atoms with Crippen molar-refractivity contribution in [2.45, 2.75) is 32.7 Å². The fourth-order valence-electron chi connectivity index (χ4n) is 2.61. The lowest BCUT2D eigenvalue weighted by molar-refractivity contribution is -0.135.